The zero-order chi connectivity index (χ0) is 12.1. The SMILES string of the molecule is O=C(NCC1(CO)CCCC1)c1cncnc1. The van der Waals surface area contributed by atoms with Crippen LogP contribution in [0.3, 0.4) is 0 Å². The first-order valence-electron chi connectivity index (χ1n) is 5.90. The van der Waals surface area contributed by atoms with E-state index in [-0.39, 0.29) is 17.9 Å². The molecule has 0 saturated heterocycles. The largest absolute Gasteiger partial charge is 0.396 e. The van der Waals surface area contributed by atoms with Crippen molar-refractivity contribution in [2.45, 2.75) is 25.7 Å². The van der Waals surface area contributed by atoms with Crippen LogP contribution in [0, 0.1) is 5.41 Å². The summed E-state index contributed by atoms with van der Waals surface area (Å²) in [4.78, 5) is 19.4. The van der Waals surface area contributed by atoms with Gasteiger partial charge in [0.15, 0.2) is 0 Å². The van der Waals surface area contributed by atoms with Crippen LogP contribution in [0.2, 0.25) is 0 Å². The molecule has 1 fully saturated rings. The van der Waals surface area contributed by atoms with E-state index in [0.29, 0.717) is 12.1 Å². The van der Waals surface area contributed by atoms with Crippen molar-refractivity contribution >= 4 is 5.91 Å². The molecule has 92 valence electrons. The highest BCUT2D eigenvalue weighted by Gasteiger charge is 2.33. The Morgan fingerprint density at radius 1 is 1.35 bits per heavy atom. The molecule has 0 unspecified atom stereocenters. The molecule has 2 rings (SSSR count). The van der Waals surface area contributed by atoms with Crippen LogP contribution in [0.15, 0.2) is 18.7 Å². The van der Waals surface area contributed by atoms with Gasteiger partial charge in [0, 0.05) is 24.4 Å². The molecule has 5 heteroatoms. The summed E-state index contributed by atoms with van der Waals surface area (Å²) in [6, 6.07) is 0. The van der Waals surface area contributed by atoms with Gasteiger partial charge < -0.3 is 10.4 Å². The number of aliphatic hydroxyl groups is 1. The van der Waals surface area contributed by atoms with E-state index in [1.165, 1.54) is 18.7 Å². The van der Waals surface area contributed by atoms with Crippen molar-refractivity contribution in [3.63, 3.8) is 0 Å². The fraction of sp³-hybridized carbons (Fsp3) is 0.583. The van der Waals surface area contributed by atoms with Gasteiger partial charge in [-0.1, -0.05) is 12.8 Å². The molecule has 1 aliphatic rings. The van der Waals surface area contributed by atoms with E-state index in [0.717, 1.165) is 25.7 Å². The maximum Gasteiger partial charge on any atom is 0.254 e. The van der Waals surface area contributed by atoms with Crippen molar-refractivity contribution in [1.29, 1.82) is 0 Å². The Hall–Kier alpha value is -1.49. The van der Waals surface area contributed by atoms with Crippen LogP contribution >= 0.6 is 0 Å². The number of hydrogen-bond acceptors (Lipinski definition) is 4. The Morgan fingerprint density at radius 3 is 2.59 bits per heavy atom. The lowest BCUT2D eigenvalue weighted by atomic mass is 9.87. The highest BCUT2D eigenvalue weighted by Crippen LogP contribution is 2.36. The van der Waals surface area contributed by atoms with E-state index in [1.54, 1.807) is 0 Å². The minimum absolute atomic E-state index is 0.120. The van der Waals surface area contributed by atoms with Crippen molar-refractivity contribution in [3.05, 3.63) is 24.3 Å². The van der Waals surface area contributed by atoms with Gasteiger partial charge in [0.25, 0.3) is 5.91 Å². The normalized spacial score (nSPS) is 17.9. The lowest BCUT2D eigenvalue weighted by Crippen LogP contribution is -2.38. The second kappa shape index (κ2) is 5.23. The second-order valence-electron chi connectivity index (χ2n) is 4.68. The minimum atomic E-state index is -0.176. The second-order valence-corrected chi connectivity index (χ2v) is 4.68. The molecule has 5 nitrogen and oxygen atoms in total. The molecule has 0 spiro atoms. The first kappa shape index (κ1) is 12.0. The first-order chi connectivity index (χ1) is 8.26. The number of amides is 1. The van der Waals surface area contributed by atoms with Gasteiger partial charge in [-0.25, -0.2) is 9.97 Å². The number of aliphatic hydroxyl groups excluding tert-OH is 1. The van der Waals surface area contributed by atoms with Crippen LogP contribution in [0.25, 0.3) is 0 Å². The molecule has 1 aliphatic carbocycles. The van der Waals surface area contributed by atoms with Crippen LogP contribution in [0.4, 0.5) is 0 Å². The number of nitrogens with one attached hydrogen (secondary N) is 1. The Morgan fingerprint density at radius 2 is 2.00 bits per heavy atom. The summed E-state index contributed by atoms with van der Waals surface area (Å²) in [6.45, 7) is 0.662. The summed E-state index contributed by atoms with van der Waals surface area (Å²) in [6.07, 6.45) is 8.59. The molecule has 1 aromatic rings. The topological polar surface area (TPSA) is 75.1 Å². The maximum absolute atomic E-state index is 11.8. The van der Waals surface area contributed by atoms with Gasteiger partial charge in [-0.15, -0.1) is 0 Å². The predicted octanol–water partition coefficient (Wildman–Crippen LogP) is 0.759. The third kappa shape index (κ3) is 2.79. The van der Waals surface area contributed by atoms with Crippen LogP contribution < -0.4 is 5.32 Å². The quantitative estimate of drug-likeness (QED) is 0.808. The summed E-state index contributed by atoms with van der Waals surface area (Å²) in [5.41, 5.74) is 0.337. The number of carbonyl (C=O) groups excluding carboxylic acids is 1. The summed E-state index contributed by atoms with van der Waals surface area (Å²) in [5, 5.41) is 12.3. The third-order valence-corrected chi connectivity index (χ3v) is 3.45. The van der Waals surface area contributed by atoms with Crippen molar-refractivity contribution in [2.24, 2.45) is 5.41 Å². The number of nitrogens with zero attached hydrogens (tertiary/aromatic N) is 2. The van der Waals surface area contributed by atoms with Crippen LogP contribution in [-0.2, 0) is 0 Å². The highest BCUT2D eigenvalue weighted by atomic mass is 16.3. The molecule has 0 atom stereocenters. The number of hydrogen-bond donors (Lipinski definition) is 2. The molecule has 1 saturated carbocycles. The summed E-state index contributed by atoms with van der Waals surface area (Å²) >= 11 is 0. The van der Waals surface area contributed by atoms with E-state index in [9.17, 15) is 9.90 Å². The molecule has 0 bridgehead atoms. The fourth-order valence-electron chi connectivity index (χ4n) is 2.30. The molecule has 1 amide bonds. The highest BCUT2D eigenvalue weighted by molar-refractivity contribution is 5.93. The molecule has 1 aromatic heterocycles. The van der Waals surface area contributed by atoms with Gasteiger partial charge >= 0.3 is 0 Å². The Balaban J connectivity index is 1.92. The number of rotatable bonds is 4. The zero-order valence-corrected chi connectivity index (χ0v) is 9.72. The van der Waals surface area contributed by atoms with Crippen LogP contribution in [0.1, 0.15) is 36.0 Å². The Bertz CT molecular complexity index is 375. The van der Waals surface area contributed by atoms with Crippen molar-refractivity contribution in [1.82, 2.24) is 15.3 Å². The molecule has 0 aromatic carbocycles. The first-order valence-corrected chi connectivity index (χ1v) is 5.90. The van der Waals surface area contributed by atoms with Gasteiger partial charge in [0.05, 0.1) is 12.2 Å². The maximum atomic E-state index is 11.8. The van der Waals surface area contributed by atoms with Gasteiger partial charge in [0.1, 0.15) is 6.33 Å². The molecular formula is C12H17N3O2. The average Bonchev–Trinajstić information content (AvgIpc) is 2.86. The van der Waals surface area contributed by atoms with E-state index in [4.69, 9.17) is 0 Å². The van der Waals surface area contributed by atoms with E-state index >= 15 is 0 Å². The van der Waals surface area contributed by atoms with Crippen molar-refractivity contribution in [3.8, 4) is 0 Å². The van der Waals surface area contributed by atoms with E-state index in [2.05, 4.69) is 15.3 Å². The van der Waals surface area contributed by atoms with Gasteiger partial charge in [0.2, 0.25) is 0 Å². The van der Waals surface area contributed by atoms with Crippen molar-refractivity contribution < 1.29 is 9.90 Å². The van der Waals surface area contributed by atoms with Gasteiger partial charge in [-0.3, -0.25) is 4.79 Å². The lowest BCUT2D eigenvalue weighted by molar-refractivity contribution is 0.0880. The fourth-order valence-corrected chi connectivity index (χ4v) is 2.30. The standard InChI is InChI=1S/C12H17N3O2/c16-8-12(3-1-2-4-12)7-15-11(17)10-5-13-9-14-6-10/h5-6,9,16H,1-4,7-8H2,(H,15,17). The summed E-state index contributed by atoms with van der Waals surface area (Å²) < 4.78 is 0. The predicted molar refractivity (Wildman–Crippen MR) is 62.4 cm³/mol. The molecule has 0 radical (unpaired) electrons. The molecule has 0 aliphatic heterocycles. The monoisotopic (exact) mass is 235 g/mol. The molecular weight excluding hydrogens is 218 g/mol. The smallest absolute Gasteiger partial charge is 0.254 e. The van der Waals surface area contributed by atoms with Crippen LogP contribution in [0.5, 0.6) is 0 Å². The number of carbonyl (C=O) groups is 1. The summed E-state index contributed by atoms with van der Waals surface area (Å²) in [7, 11) is 0. The van der Waals surface area contributed by atoms with E-state index in [1.807, 2.05) is 0 Å². The zero-order valence-electron chi connectivity index (χ0n) is 9.72. The lowest BCUT2D eigenvalue weighted by Gasteiger charge is -2.26. The van der Waals surface area contributed by atoms with Gasteiger partial charge in [-0.2, -0.15) is 0 Å². The summed E-state index contributed by atoms with van der Waals surface area (Å²) in [5.74, 6) is -0.176. The van der Waals surface area contributed by atoms with Gasteiger partial charge in [-0.05, 0) is 12.8 Å². The van der Waals surface area contributed by atoms with Crippen LogP contribution in [-0.4, -0.2) is 34.1 Å². The average molecular weight is 235 g/mol. The number of aromatic nitrogens is 2. The molecule has 17 heavy (non-hydrogen) atoms. The van der Waals surface area contributed by atoms with Crippen molar-refractivity contribution in [2.75, 3.05) is 13.2 Å². The third-order valence-electron chi connectivity index (χ3n) is 3.45. The Kier molecular flexibility index (Phi) is 3.68. The Labute approximate surface area is 100 Å². The minimum Gasteiger partial charge on any atom is -0.396 e. The van der Waals surface area contributed by atoms with E-state index < -0.39 is 0 Å². The molecule has 2 N–H and O–H groups in total. The molecule has 1 heterocycles.